The zero-order valence-electron chi connectivity index (χ0n) is 10.3. The van der Waals surface area contributed by atoms with Crippen LogP contribution in [-0.4, -0.2) is 26.1 Å². The third-order valence-corrected chi connectivity index (χ3v) is 3.03. The fourth-order valence-electron chi connectivity index (χ4n) is 2.03. The Morgan fingerprint density at radius 3 is 3.00 bits per heavy atom. The number of aromatic nitrogens is 4. The third kappa shape index (κ3) is 2.08. The molecule has 0 saturated carbocycles. The van der Waals surface area contributed by atoms with Crippen LogP contribution in [0.15, 0.2) is 36.8 Å². The standard InChI is InChI=1S/C13H13N5O/c1-8(12-15-7-16-18-12)17-13(19)10-6-14-11-5-3-2-4-9(10)11/h2-8,14H,1H3,(H,17,19)(H,15,16,18). The van der Waals surface area contributed by atoms with Crippen LogP contribution in [0.5, 0.6) is 0 Å². The van der Waals surface area contributed by atoms with Gasteiger partial charge in [0.1, 0.15) is 12.2 Å². The number of H-pyrrole nitrogens is 2. The number of hydrogen-bond acceptors (Lipinski definition) is 3. The molecule has 2 heterocycles. The van der Waals surface area contributed by atoms with E-state index in [0.29, 0.717) is 11.4 Å². The van der Waals surface area contributed by atoms with Crippen LogP contribution in [0.2, 0.25) is 0 Å². The first kappa shape index (κ1) is 11.5. The molecule has 0 radical (unpaired) electrons. The van der Waals surface area contributed by atoms with Gasteiger partial charge in [0.25, 0.3) is 5.91 Å². The van der Waals surface area contributed by atoms with Gasteiger partial charge in [-0.1, -0.05) is 18.2 Å². The Hall–Kier alpha value is -2.63. The number of aromatic amines is 2. The molecule has 96 valence electrons. The van der Waals surface area contributed by atoms with Crippen LogP contribution >= 0.6 is 0 Å². The van der Waals surface area contributed by atoms with Gasteiger partial charge in [0.15, 0.2) is 0 Å². The highest BCUT2D eigenvalue weighted by Crippen LogP contribution is 2.18. The highest BCUT2D eigenvalue weighted by molar-refractivity contribution is 6.06. The molecule has 0 saturated heterocycles. The number of carbonyl (C=O) groups is 1. The molecular formula is C13H13N5O. The smallest absolute Gasteiger partial charge is 0.254 e. The van der Waals surface area contributed by atoms with Crippen LogP contribution in [0.25, 0.3) is 10.9 Å². The van der Waals surface area contributed by atoms with Gasteiger partial charge >= 0.3 is 0 Å². The van der Waals surface area contributed by atoms with Gasteiger partial charge in [-0.25, -0.2) is 4.98 Å². The minimum atomic E-state index is -0.219. The molecule has 0 fully saturated rings. The van der Waals surface area contributed by atoms with Gasteiger partial charge in [-0.3, -0.25) is 9.89 Å². The van der Waals surface area contributed by atoms with Crippen molar-refractivity contribution in [3.63, 3.8) is 0 Å². The zero-order valence-corrected chi connectivity index (χ0v) is 10.3. The summed E-state index contributed by atoms with van der Waals surface area (Å²) in [7, 11) is 0. The van der Waals surface area contributed by atoms with Crippen molar-refractivity contribution in [2.45, 2.75) is 13.0 Å². The van der Waals surface area contributed by atoms with E-state index in [0.717, 1.165) is 10.9 Å². The molecule has 0 bridgehead atoms. The summed E-state index contributed by atoms with van der Waals surface area (Å²) in [5.74, 6) is 0.495. The summed E-state index contributed by atoms with van der Waals surface area (Å²) in [6.07, 6.45) is 3.14. The molecule has 19 heavy (non-hydrogen) atoms. The highest BCUT2D eigenvalue weighted by atomic mass is 16.1. The molecule has 6 nitrogen and oxygen atoms in total. The average molecular weight is 255 g/mol. The number of amides is 1. The number of fused-ring (bicyclic) bond motifs is 1. The largest absolute Gasteiger partial charge is 0.360 e. The Labute approximate surface area is 109 Å². The maximum absolute atomic E-state index is 12.2. The Kier molecular flexibility index (Phi) is 2.75. The predicted molar refractivity (Wildman–Crippen MR) is 70.6 cm³/mol. The summed E-state index contributed by atoms with van der Waals surface area (Å²) in [6, 6.07) is 7.47. The second-order valence-corrected chi connectivity index (χ2v) is 4.31. The van der Waals surface area contributed by atoms with Gasteiger partial charge in [-0.2, -0.15) is 5.10 Å². The quantitative estimate of drug-likeness (QED) is 0.666. The molecule has 1 amide bonds. The van der Waals surface area contributed by atoms with Gasteiger partial charge in [-0.15, -0.1) is 0 Å². The number of rotatable bonds is 3. The van der Waals surface area contributed by atoms with Crippen molar-refractivity contribution in [3.8, 4) is 0 Å². The van der Waals surface area contributed by atoms with Gasteiger partial charge < -0.3 is 10.3 Å². The van der Waals surface area contributed by atoms with E-state index in [4.69, 9.17) is 0 Å². The maximum atomic E-state index is 12.2. The monoisotopic (exact) mass is 255 g/mol. The van der Waals surface area contributed by atoms with E-state index in [-0.39, 0.29) is 11.9 Å². The highest BCUT2D eigenvalue weighted by Gasteiger charge is 2.16. The molecule has 3 rings (SSSR count). The van der Waals surface area contributed by atoms with Crippen LogP contribution < -0.4 is 5.32 Å². The summed E-state index contributed by atoms with van der Waals surface area (Å²) in [4.78, 5) is 19.3. The topological polar surface area (TPSA) is 86.5 Å². The lowest BCUT2D eigenvalue weighted by molar-refractivity contribution is 0.0940. The number of benzene rings is 1. The predicted octanol–water partition coefficient (Wildman–Crippen LogP) is 1.78. The van der Waals surface area contributed by atoms with E-state index in [1.807, 2.05) is 31.2 Å². The number of para-hydroxylation sites is 1. The molecule has 0 aliphatic carbocycles. The van der Waals surface area contributed by atoms with Crippen molar-refractivity contribution in [2.24, 2.45) is 0 Å². The van der Waals surface area contributed by atoms with Crippen LogP contribution in [0, 0.1) is 0 Å². The molecule has 3 aromatic rings. The summed E-state index contributed by atoms with van der Waals surface area (Å²) in [5, 5.41) is 10.3. The lowest BCUT2D eigenvalue weighted by Crippen LogP contribution is -2.27. The zero-order chi connectivity index (χ0) is 13.2. The number of nitrogens with one attached hydrogen (secondary N) is 3. The fraction of sp³-hybridized carbons (Fsp3) is 0.154. The Balaban J connectivity index is 1.84. The van der Waals surface area contributed by atoms with E-state index >= 15 is 0 Å². The number of nitrogens with zero attached hydrogens (tertiary/aromatic N) is 2. The molecule has 3 N–H and O–H groups in total. The van der Waals surface area contributed by atoms with Crippen molar-refractivity contribution in [1.82, 2.24) is 25.5 Å². The third-order valence-electron chi connectivity index (χ3n) is 3.03. The van der Waals surface area contributed by atoms with Crippen molar-refractivity contribution in [3.05, 3.63) is 48.2 Å². The van der Waals surface area contributed by atoms with E-state index < -0.39 is 0 Å². The minimum absolute atomic E-state index is 0.138. The SMILES string of the molecule is CC(NC(=O)c1c[nH]c2ccccc12)c1ncn[nH]1. The average Bonchev–Trinajstić information content (AvgIpc) is 3.08. The first-order valence-corrected chi connectivity index (χ1v) is 5.98. The lowest BCUT2D eigenvalue weighted by Gasteiger charge is -2.10. The molecule has 0 spiro atoms. The second-order valence-electron chi connectivity index (χ2n) is 4.31. The molecule has 2 aromatic heterocycles. The summed E-state index contributed by atoms with van der Waals surface area (Å²) in [6.45, 7) is 1.85. The van der Waals surface area contributed by atoms with E-state index in [9.17, 15) is 4.79 Å². The second kappa shape index (κ2) is 4.56. The first-order valence-electron chi connectivity index (χ1n) is 5.98. The molecule has 1 aromatic carbocycles. The van der Waals surface area contributed by atoms with Gasteiger partial charge in [0, 0.05) is 17.1 Å². The van der Waals surface area contributed by atoms with Crippen molar-refractivity contribution in [2.75, 3.05) is 0 Å². The summed E-state index contributed by atoms with van der Waals surface area (Å²) in [5.41, 5.74) is 1.57. The normalized spacial score (nSPS) is 12.5. The fourth-order valence-corrected chi connectivity index (χ4v) is 2.03. The van der Waals surface area contributed by atoms with Gasteiger partial charge in [0.2, 0.25) is 0 Å². The van der Waals surface area contributed by atoms with E-state index in [1.165, 1.54) is 6.33 Å². The van der Waals surface area contributed by atoms with Crippen molar-refractivity contribution in [1.29, 1.82) is 0 Å². The van der Waals surface area contributed by atoms with Crippen molar-refractivity contribution < 1.29 is 4.79 Å². The van der Waals surface area contributed by atoms with Crippen LogP contribution in [0.4, 0.5) is 0 Å². The summed E-state index contributed by atoms with van der Waals surface area (Å²) < 4.78 is 0. The van der Waals surface area contributed by atoms with E-state index in [2.05, 4.69) is 25.5 Å². The van der Waals surface area contributed by atoms with Crippen LogP contribution in [0.1, 0.15) is 29.1 Å². The lowest BCUT2D eigenvalue weighted by atomic mass is 10.1. The maximum Gasteiger partial charge on any atom is 0.254 e. The molecule has 0 aliphatic heterocycles. The molecule has 1 atom stereocenters. The molecule has 0 aliphatic rings. The Morgan fingerprint density at radius 2 is 2.21 bits per heavy atom. The van der Waals surface area contributed by atoms with Crippen LogP contribution in [-0.2, 0) is 0 Å². The first-order chi connectivity index (χ1) is 9.25. The van der Waals surface area contributed by atoms with E-state index in [1.54, 1.807) is 6.20 Å². The number of hydrogen-bond donors (Lipinski definition) is 3. The van der Waals surface area contributed by atoms with Crippen LogP contribution in [0.3, 0.4) is 0 Å². The number of carbonyl (C=O) groups excluding carboxylic acids is 1. The summed E-state index contributed by atoms with van der Waals surface area (Å²) >= 11 is 0. The molecular weight excluding hydrogens is 242 g/mol. The molecule has 6 heteroatoms. The Bertz CT molecular complexity index is 701. The minimum Gasteiger partial charge on any atom is -0.360 e. The molecule has 1 unspecified atom stereocenters. The Morgan fingerprint density at radius 1 is 1.37 bits per heavy atom. The van der Waals surface area contributed by atoms with Crippen molar-refractivity contribution >= 4 is 16.8 Å². The van der Waals surface area contributed by atoms with Gasteiger partial charge in [-0.05, 0) is 13.0 Å². The van der Waals surface area contributed by atoms with Gasteiger partial charge in [0.05, 0.1) is 11.6 Å².